The zero-order valence-electron chi connectivity index (χ0n) is 11.4. The molecule has 0 spiro atoms. The number of alkyl halides is 3. The van der Waals surface area contributed by atoms with Gasteiger partial charge in [-0.15, -0.1) is 0 Å². The Bertz CT molecular complexity index is 655. The molecule has 1 aromatic rings. The van der Waals surface area contributed by atoms with Gasteiger partial charge in [-0.3, -0.25) is 4.79 Å². The predicted molar refractivity (Wildman–Crippen MR) is 77.0 cm³/mol. The Labute approximate surface area is 129 Å². The number of piperidine rings is 1. The van der Waals surface area contributed by atoms with Crippen molar-refractivity contribution in [2.24, 2.45) is 5.73 Å². The summed E-state index contributed by atoms with van der Waals surface area (Å²) >= 11 is 5.75. The first-order chi connectivity index (χ1) is 10.3. The minimum Gasteiger partial charge on any atom is -0.404 e. The van der Waals surface area contributed by atoms with Gasteiger partial charge in [-0.2, -0.15) is 13.2 Å². The lowest BCUT2D eigenvalue weighted by Crippen LogP contribution is -2.41. The van der Waals surface area contributed by atoms with Crippen LogP contribution in [0.2, 0.25) is 5.02 Å². The van der Waals surface area contributed by atoms with Crippen LogP contribution in [0, 0.1) is 5.41 Å². The van der Waals surface area contributed by atoms with Crippen LogP contribution in [0.15, 0.2) is 30.0 Å². The normalized spacial score (nSPS) is 17.9. The summed E-state index contributed by atoms with van der Waals surface area (Å²) in [6.07, 6.45) is -2.93. The second kappa shape index (κ2) is 6.00. The van der Waals surface area contributed by atoms with E-state index in [-0.39, 0.29) is 24.4 Å². The third-order valence-electron chi connectivity index (χ3n) is 3.41. The van der Waals surface area contributed by atoms with Gasteiger partial charge in [0.25, 0.3) is 5.91 Å². The van der Waals surface area contributed by atoms with Crippen molar-refractivity contribution in [2.75, 3.05) is 13.1 Å². The number of nitrogens with one attached hydrogen (secondary N) is 1. The molecule has 1 amide bonds. The highest BCUT2D eigenvalue weighted by Crippen LogP contribution is 2.36. The summed E-state index contributed by atoms with van der Waals surface area (Å²) in [6.45, 7) is 0.269. The maximum absolute atomic E-state index is 12.8. The van der Waals surface area contributed by atoms with Gasteiger partial charge in [-0.05, 0) is 30.3 Å². The topological polar surface area (TPSA) is 70.2 Å². The third kappa shape index (κ3) is 3.09. The van der Waals surface area contributed by atoms with Crippen LogP contribution in [0.1, 0.15) is 22.3 Å². The van der Waals surface area contributed by atoms with Crippen LogP contribution in [0.25, 0.3) is 0 Å². The van der Waals surface area contributed by atoms with Crippen LogP contribution >= 0.6 is 11.6 Å². The number of likely N-dealkylation sites (tertiary alicyclic amines) is 1. The van der Waals surface area contributed by atoms with Gasteiger partial charge in [0.2, 0.25) is 0 Å². The lowest BCUT2D eigenvalue weighted by atomic mass is 10.0. The first-order valence-corrected chi connectivity index (χ1v) is 6.77. The predicted octanol–water partition coefficient (Wildman–Crippen LogP) is 3.07. The number of nitrogens with two attached hydrogens (primary N) is 1. The van der Waals surface area contributed by atoms with E-state index in [0.717, 1.165) is 12.1 Å². The van der Waals surface area contributed by atoms with Crippen molar-refractivity contribution < 1.29 is 18.0 Å². The Morgan fingerprint density at radius 1 is 1.41 bits per heavy atom. The quantitative estimate of drug-likeness (QED) is 0.830. The summed E-state index contributed by atoms with van der Waals surface area (Å²) in [6, 6.07) is 3.22. The number of hydrogen-bond donors (Lipinski definition) is 2. The molecule has 118 valence electrons. The molecule has 3 N–H and O–H groups in total. The second-order valence-electron chi connectivity index (χ2n) is 4.81. The lowest BCUT2D eigenvalue weighted by Gasteiger charge is -2.29. The molecule has 0 radical (unpaired) electrons. The summed E-state index contributed by atoms with van der Waals surface area (Å²) < 4.78 is 38.5. The largest absolute Gasteiger partial charge is 0.417 e. The summed E-state index contributed by atoms with van der Waals surface area (Å²) in [5.41, 5.74) is 4.90. The minimum absolute atomic E-state index is 0.00551. The van der Waals surface area contributed by atoms with E-state index in [1.54, 1.807) is 0 Å². The summed E-state index contributed by atoms with van der Waals surface area (Å²) in [7, 11) is 0. The number of hydrogen-bond acceptors (Lipinski definition) is 3. The molecule has 0 atom stereocenters. The van der Waals surface area contributed by atoms with Crippen LogP contribution < -0.4 is 5.73 Å². The van der Waals surface area contributed by atoms with E-state index in [9.17, 15) is 18.0 Å². The standard InChI is InChI=1S/C14H13ClF3N3O/c15-12-9(2-1-3-10(12)14(16,17)18)13(22)21-5-4-8(6-19)11(20)7-21/h1-3,6,20H,4-5,7,19H2. The van der Waals surface area contributed by atoms with Crippen molar-refractivity contribution in [3.8, 4) is 0 Å². The van der Waals surface area contributed by atoms with E-state index in [2.05, 4.69) is 0 Å². The minimum atomic E-state index is -4.63. The van der Waals surface area contributed by atoms with Crippen molar-refractivity contribution in [1.82, 2.24) is 4.90 Å². The zero-order valence-corrected chi connectivity index (χ0v) is 12.1. The van der Waals surface area contributed by atoms with E-state index >= 15 is 0 Å². The molecule has 1 aliphatic heterocycles. The molecule has 1 aliphatic rings. The number of carbonyl (C=O) groups excluding carboxylic acids is 1. The van der Waals surface area contributed by atoms with E-state index in [4.69, 9.17) is 22.7 Å². The highest BCUT2D eigenvalue weighted by molar-refractivity contribution is 6.34. The van der Waals surface area contributed by atoms with Crippen LogP contribution in [-0.4, -0.2) is 29.6 Å². The maximum atomic E-state index is 12.8. The molecule has 0 unspecified atom stereocenters. The SMILES string of the molecule is N=C1CN(C(=O)c2cccc(C(F)(F)F)c2Cl)CCC1=CN. The van der Waals surface area contributed by atoms with Gasteiger partial charge < -0.3 is 16.0 Å². The molecule has 0 aromatic heterocycles. The monoisotopic (exact) mass is 331 g/mol. The third-order valence-corrected chi connectivity index (χ3v) is 3.82. The van der Waals surface area contributed by atoms with E-state index in [1.165, 1.54) is 17.2 Å². The van der Waals surface area contributed by atoms with Gasteiger partial charge >= 0.3 is 6.18 Å². The highest BCUT2D eigenvalue weighted by Gasteiger charge is 2.35. The molecule has 1 heterocycles. The van der Waals surface area contributed by atoms with E-state index in [1.807, 2.05) is 0 Å². The molecule has 0 saturated carbocycles. The van der Waals surface area contributed by atoms with Gasteiger partial charge in [-0.25, -0.2) is 0 Å². The van der Waals surface area contributed by atoms with Gasteiger partial charge in [0, 0.05) is 6.54 Å². The highest BCUT2D eigenvalue weighted by atomic mass is 35.5. The molecular formula is C14H13ClF3N3O. The molecule has 22 heavy (non-hydrogen) atoms. The number of amides is 1. The Kier molecular flexibility index (Phi) is 4.46. The second-order valence-corrected chi connectivity index (χ2v) is 5.19. The van der Waals surface area contributed by atoms with E-state index < -0.39 is 22.7 Å². The van der Waals surface area contributed by atoms with Gasteiger partial charge in [0.05, 0.1) is 28.4 Å². The summed E-state index contributed by atoms with van der Waals surface area (Å²) in [5.74, 6) is -0.628. The zero-order chi connectivity index (χ0) is 16.5. The molecule has 8 heteroatoms. The van der Waals surface area contributed by atoms with E-state index in [0.29, 0.717) is 12.0 Å². The van der Waals surface area contributed by atoms with Gasteiger partial charge in [0.1, 0.15) is 0 Å². The average molecular weight is 332 g/mol. The molecule has 4 nitrogen and oxygen atoms in total. The Hall–Kier alpha value is -2.02. The van der Waals surface area contributed by atoms with Crippen molar-refractivity contribution in [3.05, 3.63) is 46.1 Å². The number of nitrogens with zero attached hydrogens (tertiary/aromatic N) is 1. The van der Waals surface area contributed by atoms with Crippen LogP contribution in [0.4, 0.5) is 13.2 Å². The maximum Gasteiger partial charge on any atom is 0.417 e. The van der Waals surface area contributed by atoms with Gasteiger partial charge in [-0.1, -0.05) is 17.7 Å². The first-order valence-electron chi connectivity index (χ1n) is 6.39. The number of benzene rings is 1. The van der Waals surface area contributed by atoms with Crippen molar-refractivity contribution in [3.63, 3.8) is 0 Å². The first kappa shape index (κ1) is 16.4. The van der Waals surface area contributed by atoms with Crippen LogP contribution in [0.3, 0.4) is 0 Å². The molecule has 1 fully saturated rings. The molecule has 1 aromatic carbocycles. The Morgan fingerprint density at radius 3 is 2.64 bits per heavy atom. The van der Waals surface area contributed by atoms with Crippen LogP contribution in [-0.2, 0) is 6.18 Å². The Morgan fingerprint density at radius 2 is 2.09 bits per heavy atom. The van der Waals surface area contributed by atoms with Crippen LogP contribution in [0.5, 0.6) is 0 Å². The fourth-order valence-corrected chi connectivity index (χ4v) is 2.54. The summed E-state index contributed by atoms with van der Waals surface area (Å²) in [4.78, 5) is 13.7. The van der Waals surface area contributed by atoms with Crippen molar-refractivity contribution in [1.29, 1.82) is 5.41 Å². The lowest BCUT2D eigenvalue weighted by molar-refractivity contribution is -0.137. The fourth-order valence-electron chi connectivity index (χ4n) is 2.22. The average Bonchev–Trinajstić information content (AvgIpc) is 2.45. The molecule has 2 rings (SSSR count). The molecule has 0 aliphatic carbocycles. The molecule has 1 saturated heterocycles. The smallest absolute Gasteiger partial charge is 0.404 e. The molecular weight excluding hydrogens is 319 g/mol. The fraction of sp³-hybridized carbons (Fsp3) is 0.286. The number of rotatable bonds is 1. The molecule has 0 bridgehead atoms. The Balaban J connectivity index is 2.30. The van der Waals surface area contributed by atoms with Crippen molar-refractivity contribution >= 4 is 23.2 Å². The summed E-state index contributed by atoms with van der Waals surface area (Å²) in [5, 5.41) is 7.15. The van der Waals surface area contributed by atoms with Gasteiger partial charge in [0.15, 0.2) is 0 Å². The number of halogens is 4. The number of carbonyl (C=O) groups is 1. The van der Waals surface area contributed by atoms with Crippen molar-refractivity contribution in [2.45, 2.75) is 12.6 Å².